The van der Waals surface area contributed by atoms with Crippen LogP contribution in [0.3, 0.4) is 0 Å². The van der Waals surface area contributed by atoms with Crippen LogP contribution >= 0.6 is 0 Å². The predicted octanol–water partition coefficient (Wildman–Crippen LogP) is 4.50. The van der Waals surface area contributed by atoms with Gasteiger partial charge in [0.05, 0.1) is 12.7 Å². The fourth-order valence-electron chi connectivity index (χ4n) is 2.04. The van der Waals surface area contributed by atoms with E-state index >= 15 is 0 Å². The van der Waals surface area contributed by atoms with Crippen molar-refractivity contribution in [3.63, 3.8) is 0 Å². The summed E-state index contributed by atoms with van der Waals surface area (Å²) >= 11 is 0. The third-order valence-electron chi connectivity index (χ3n) is 3.24. The molecule has 0 saturated carbocycles. The van der Waals surface area contributed by atoms with E-state index < -0.39 is 17.5 Å². The average Bonchev–Trinajstić information content (AvgIpc) is 2.52. The van der Waals surface area contributed by atoms with Crippen molar-refractivity contribution in [2.24, 2.45) is 0 Å². The van der Waals surface area contributed by atoms with Gasteiger partial charge in [-0.3, -0.25) is 4.79 Å². The van der Waals surface area contributed by atoms with Crippen LogP contribution in [-0.2, 0) is 12.8 Å². The van der Waals surface area contributed by atoms with Crippen LogP contribution in [-0.4, -0.2) is 12.9 Å². The van der Waals surface area contributed by atoms with Gasteiger partial charge in [-0.1, -0.05) is 12.1 Å². The van der Waals surface area contributed by atoms with Crippen LogP contribution in [0.2, 0.25) is 0 Å². The molecule has 0 aromatic heterocycles. The van der Waals surface area contributed by atoms with E-state index in [0.29, 0.717) is 5.75 Å². The SMILES string of the molecule is COc1ccc(COc2ccc(C(C)=O)c(C(F)(F)F)c2)cc1. The largest absolute Gasteiger partial charge is 0.497 e. The van der Waals surface area contributed by atoms with Crippen LogP contribution in [0.15, 0.2) is 42.5 Å². The van der Waals surface area contributed by atoms with E-state index in [1.54, 1.807) is 31.4 Å². The Hall–Kier alpha value is -2.50. The number of carbonyl (C=O) groups excluding carboxylic acids is 1. The van der Waals surface area contributed by atoms with Crippen molar-refractivity contribution >= 4 is 5.78 Å². The zero-order chi connectivity index (χ0) is 17.0. The van der Waals surface area contributed by atoms with E-state index in [0.717, 1.165) is 24.6 Å². The van der Waals surface area contributed by atoms with E-state index in [-0.39, 0.29) is 17.9 Å². The Morgan fingerprint density at radius 1 is 1.04 bits per heavy atom. The molecule has 0 aliphatic rings. The van der Waals surface area contributed by atoms with Crippen molar-refractivity contribution in [2.45, 2.75) is 19.7 Å². The van der Waals surface area contributed by atoms with Gasteiger partial charge in [0.25, 0.3) is 0 Å². The summed E-state index contributed by atoms with van der Waals surface area (Å²) in [4.78, 5) is 11.3. The van der Waals surface area contributed by atoms with Gasteiger partial charge in [-0.25, -0.2) is 0 Å². The summed E-state index contributed by atoms with van der Waals surface area (Å²) in [6.07, 6.45) is -4.61. The summed E-state index contributed by atoms with van der Waals surface area (Å²) in [6, 6.07) is 10.3. The first-order valence-corrected chi connectivity index (χ1v) is 6.79. The lowest BCUT2D eigenvalue weighted by atomic mass is 10.0. The van der Waals surface area contributed by atoms with Crippen LogP contribution in [0.25, 0.3) is 0 Å². The topological polar surface area (TPSA) is 35.5 Å². The lowest BCUT2D eigenvalue weighted by molar-refractivity contribution is -0.138. The number of ether oxygens (including phenoxy) is 2. The number of ketones is 1. The smallest absolute Gasteiger partial charge is 0.417 e. The van der Waals surface area contributed by atoms with Gasteiger partial charge in [-0.15, -0.1) is 0 Å². The van der Waals surface area contributed by atoms with Gasteiger partial charge in [0, 0.05) is 5.56 Å². The quantitative estimate of drug-likeness (QED) is 0.760. The maximum absolute atomic E-state index is 13.0. The average molecular weight is 324 g/mol. The molecule has 0 atom stereocenters. The molecule has 2 aromatic carbocycles. The van der Waals surface area contributed by atoms with Crippen molar-refractivity contribution in [1.29, 1.82) is 0 Å². The second kappa shape index (κ2) is 6.73. The molecule has 0 bridgehead atoms. The Morgan fingerprint density at radius 3 is 2.17 bits per heavy atom. The van der Waals surface area contributed by atoms with Crippen LogP contribution in [0.4, 0.5) is 13.2 Å². The van der Waals surface area contributed by atoms with Gasteiger partial charge in [0.1, 0.15) is 18.1 Å². The summed E-state index contributed by atoms with van der Waals surface area (Å²) in [5, 5.41) is 0. The van der Waals surface area contributed by atoms with Gasteiger partial charge >= 0.3 is 6.18 Å². The molecule has 0 amide bonds. The van der Waals surface area contributed by atoms with Crippen LogP contribution in [0.5, 0.6) is 11.5 Å². The fraction of sp³-hybridized carbons (Fsp3) is 0.235. The van der Waals surface area contributed by atoms with Gasteiger partial charge < -0.3 is 9.47 Å². The van der Waals surface area contributed by atoms with E-state index in [1.807, 2.05) is 0 Å². The predicted molar refractivity (Wildman–Crippen MR) is 78.8 cm³/mol. The minimum absolute atomic E-state index is 0.0538. The highest BCUT2D eigenvalue weighted by molar-refractivity contribution is 5.95. The number of halogens is 3. The minimum Gasteiger partial charge on any atom is -0.497 e. The van der Waals surface area contributed by atoms with E-state index in [2.05, 4.69) is 0 Å². The first-order chi connectivity index (χ1) is 10.8. The molecule has 0 aliphatic heterocycles. The van der Waals surface area contributed by atoms with Crippen LogP contribution < -0.4 is 9.47 Å². The number of rotatable bonds is 5. The van der Waals surface area contributed by atoms with Crippen molar-refractivity contribution < 1.29 is 27.4 Å². The molecule has 6 heteroatoms. The Balaban J connectivity index is 2.18. The van der Waals surface area contributed by atoms with Gasteiger partial charge in [0.2, 0.25) is 0 Å². The summed E-state index contributed by atoms with van der Waals surface area (Å²) in [5.74, 6) is 0.0936. The van der Waals surface area contributed by atoms with Gasteiger partial charge in [0.15, 0.2) is 5.78 Å². The van der Waals surface area contributed by atoms with Crippen LogP contribution in [0, 0.1) is 0 Å². The summed E-state index contributed by atoms with van der Waals surface area (Å²) in [5.41, 5.74) is -0.568. The van der Waals surface area contributed by atoms with E-state index in [9.17, 15) is 18.0 Å². The Bertz CT molecular complexity index is 691. The molecule has 2 rings (SSSR count). The second-order valence-corrected chi connectivity index (χ2v) is 4.90. The Labute approximate surface area is 131 Å². The molecule has 0 unspecified atom stereocenters. The highest BCUT2D eigenvalue weighted by Crippen LogP contribution is 2.34. The standard InChI is InChI=1S/C17H15F3O3/c1-11(21)15-8-7-14(9-16(15)17(18,19)20)23-10-12-3-5-13(22-2)6-4-12/h3-9H,10H2,1-2H3. The monoisotopic (exact) mass is 324 g/mol. The molecule has 0 spiro atoms. The molecule has 0 N–H and O–H groups in total. The highest BCUT2D eigenvalue weighted by Gasteiger charge is 2.34. The minimum atomic E-state index is -4.61. The van der Waals surface area contributed by atoms with E-state index in [1.165, 1.54) is 6.07 Å². The number of alkyl halides is 3. The molecule has 3 nitrogen and oxygen atoms in total. The molecule has 23 heavy (non-hydrogen) atoms. The molecule has 0 radical (unpaired) electrons. The Morgan fingerprint density at radius 2 is 1.65 bits per heavy atom. The van der Waals surface area contributed by atoms with Crippen molar-refractivity contribution in [3.05, 3.63) is 59.2 Å². The Kier molecular flexibility index (Phi) is 4.93. The summed E-state index contributed by atoms with van der Waals surface area (Å²) in [6.45, 7) is 1.21. The second-order valence-electron chi connectivity index (χ2n) is 4.90. The lowest BCUT2D eigenvalue weighted by Gasteiger charge is -2.13. The van der Waals surface area contributed by atoms with Crippen LogP contribution in [0.1, 0.15) is 28.4 Å². The maximum atomic E-state index is 13.0. The molecule has 0 aliphatic carbocycles. The highest BCUT2D eigenvalue weighted by atomic mass is 19.4. The van der Waals surface area contributed by atoms with E-state index in [4.69, 9.17) is 9.47 Å². The third-order valence-corrected chi connectivity index (χ3v) is 3.24. The van der Waals surface area contributed by atoms with Gasteiger partial charge in [-0.05, 0) is 42.8 Å². The summed E-state index contributed by atoms with van der Waals surface area (Å²) in [7, 11) is 1.54. The van der Waals surface area contributed by atoms with Crippen molar-refractivity contribution in [3.8, 4) is 11.5 Å². The van der Waals surface area contributed by atoms with Crippen molar-refractivity contribution in [1.82, 2.24) is 0 Å². The molecule has 2 aromatic rings. The first kappa shape index (κ1) is 16.9. The number of carbonyl (C=O) groups is 1. The number of methoxy groups -OCH3 is 1. The molecular formula is C17H15F3O3. The lowest BCUT2D eigenvalue weighted by Crippen LogP contribution is -2.12. The third kappa shape index (κ3) is 4.25. The zero-order valence-corrected chi connectivity index (χ0v) is 12.6. The first-order valence-electron chi connectivity index (χ1n) is 6.79. The normalized spacial score (nSPS) is 11.2. The zero-order valence-electron chi connectivity index (χ0n) is 12.6. The summed E-state index contributed by atoms with van der Waals surface area (Å²) < 4.78 is 49.4. The van der Waals surface area contributed by atoms with Crippen molar-refractivity contribution in [2.75, 3.05) is 7.11 Å². The number of Topliss-reactive ketones (excluding diaryl/α,β-unsaturated/α-hetero) is 1. The molecule has 0 saturated heterocycles. The number of hydrogen-bond donors (Lipinski definition) is 0. The van der Waals surface area contributed by atoms with Gasteiger partial charge in [-0.2, -0.15) is 13.2 Å². The number of benzene rings is 2. The molecule has 0 fully saturated rings. The molecular weight excluding hydrogens is 309 g/mol. The maximum Gasteiger partial charge on any atom is 0.417 e. The molecule has 0 heterocycles. The molecule has 122 valence electrons. The fourth-order valence-corrected chi connectivity index (χ4v) is 2.04. The number of hydrogen-bond acceptors (Lipinski definition) is 3.